The molecule has 2 rings (SSSR count). The summed E-state index contributed by atoms with van der Waals surface area (Å²) in [5.74, 6) is -6.65. The van der Waals surface area contributed by atoms with E-state index in [9.17, 15) is 22.4 Å². The van der Waals surface area contributed by atoms with Crippen molar-refractivity contribution < 1.29 is 22.4 Å². The summed E-state index contributed by atoms with van der Waals surface area (Å²) < 4.78 is 52.6. The zero-order valence-electron chi connectivity index (χ0n) is 10.0. The van der Waals surface area contributed by atoms with Crippen LogP contribution >= 0.6 is 0 Å². The van der Waals surface area contributed by atoms with Crippen molar-refractivity contribution in [3.63, 3.8) is 0 Å². The number of halogens is 4. The van der Waals surface area contributed by atoms with Crippen LogP contribution in [0.15, 0.2) is 0 Å². The Labute approximate surface area is 106 Å². The number of piperidine rings is 1. The Morgan fingerprint density at radius 2 is 1.79 bits per heavy atom. The SMILES string of the molecule is CN1CC(Nc2c(F)c(F)nc(F)c2F)CCC1=O. The van der Waals surface area contributed by atoms with Crippen LogP contribution in [0, 0.1) is 23.5 Å². The quantitative estimate of drug-likeness (QED) is 0.660. The predicted octanol–water partition coefficient (Wildman–Crippen LogP) is 1.67. The molecule has 1 amide bonds. The number of pyridine rings is 1. The molecule has 104 valence electrons. The van der Waals surface area contributed by atoms with E-state index in [1.807, 2.05) is 0 Å². The number of rotatable bonds is 2. The largest absolute Gasteiger partial charge is 0.375 e. The normalized spacial score (nSPS) is 19.7. The number of nitrogens with zero attached hydrogens (tertiary/aromatic N) is 2. The maximum absolute atomic E-state index is 13.4. The first-order valence-corrected chi connectivity index (χ1v) is 5.60. The smallest absolute Gasteiger partial charge is 0.253 e. The number of aromatic nitrogens is 1. The van der Waals surface area contributed by atoms with Crippen LogP contribution in [0.4, 0.5) is 23.2 Å². The fraction of sp³-hybridized carbons (Fsp3) is 0.455. The molecule has 1 atom stereocenters. The monoisotopic (exact) mass is 277 g/mol. The van der Waals surface area contributed by atoms with Crippen LogP contribution in [-0.2, 0) is 4.79 Å². The van der Waals surface area contributed by atoms with Crippen molar-refractivity contribution in [3.8, 4) is 0 Å². The molecule has 1 saturated heterocycles. The Morgan fingerprint density at radius 1 is 1.21 bits per heavy atom. The minimum absolute atomic E-state index is 0.0916. The van der Waals surface area contributed by atoms with E-state index in [1.54, 1.807) is 0 Å². The van der Waals surface area contributed by atoms with Gasteiger partial charge in [-0.25, -0.2) is 0 Å². The lowest BCUT2D eigenvalue weighted by Crippen LogP contribution is -2.43. The zero-order chi connectivity index (χ0) is 14.2. The molecule has 1 aliphatic rings. The fourth-order valence-electron chi connectivity index (χ4n) is 1.95. The van der Waals surface area contributed by atoms with Gasteiger partial charge in [-0.1, -0.05) is 0 Å². The molecule has 4 nitrogen and oxygen atoms in total. The van der Waals surface area contributed by atoms with Crippen molar-refractivity contribution in [2.24, 2.45) is 0 Å². The Bertz CT molecular complexity index is 497. The van der Waals surface area contributed by atoms with Gasteiger partial charge in [0.05, 0.1) is 0 Å². The number of likely N-dealkylation sites (tertiary alicyclic amines) is 1. The maximum atomic E-state index is 13.4. The number of anilines is 1. The highest BCUT2D eigenvalue weighted by molar-refractivity contribution is 5.77. The number of amides is 1. The summed E-state index contributed by atoms with van der Waals surface area (Å²) in [7, 11) is 1.54. The molecule has 1 aromatic heterocycles. The van der Waals surface area contributed by atoms with Crippen molar-refractivity contribution in [1.82, 2.24) is 9.88 Å². The van der Waals surface area contributed by atoms with Gasteiger partial charge < -0.3 is 10.2 Å². The molecule has 0 bridgehead atoms. The van der Waals surface area contributed by atoms with Gasteiger partial charge in [0, 0.05) is 26.1 Å². The van der Waals surface area contributed by atoms with Crippen LogP contribution in [0.5, 0.6) is 0 Å². The highest BCUT2D eigenvalue weighted by atomic mass is 19.2. The Morgan fingerprint density at radius 3 is 2.32 bits per heavy atom. The van der Waals surface area contributed by atoms with Crippen LogP contribution in [-0.4, -0.2) is 35.4 Å². The molecule has 0 aliphatic carbocycles. The second-order valence-corrected chi connectivity index (χ2v) is 4.35. The molecule has 0 spiro atoms. The van der Waals surface area contributed by atoms with Gasteiger partial charge in [0.15, 0.2) is 0 Å². The summed E-state index contributed by atoms with van der Waals surface area (Å²) in [4.78, 5) is 15.1. The highest BCUT2D eigenvalue weighted by Gasteiger charge is 2.27. The summed E-state index contributed by atoms with van der Waals surface area (Å²) in [5, 5.41) is 2.39. The minimum atomic E-state index is -1.71. The third-order valence-corrected chi connectivity index (χ3v) is 2.97. The molecule has 1 aromatic rings. The first-order valence-electron chi connectivity index (χ1n) is 5.60. The van der Waals surface area contributed by atoms with Gasteiger partial charge in [-0.2, -0.15) is 22.5 Å². The molecule has 0 saturated carbocycles. The number of nitrogens with one attached hydrogen (secondary N) is 1. The van der Waals surface area contributed by atoms with Crippen molar-refractivity contribution in [2.75, 3.05) is 18.9 Å². The molecule has 19 heavy (non-hydrogen) atoms. The highest BCUT2D eigenvalue weighted by Crippen LogP contribution is 2.24. The molecular weight excluding hydrogens is 266 g/mol. The van der Waals surface area contributed by atoms with Gasteiger partial charge in [0.2, 0.25) is 17.5 Å². The third-order valence-electron chi connectivity index (χ3n) is 2.97. The number of hydrogen-bond donors (Lipinski definition) is 1. The molecule has 1 aliphatic heterocycles. The first kappa shape index (κ1) is 13.6. The zero-order valence-corrected chi connectivity index (χ0v) is 10.0. The number of carbonyl (C=O) groups excluding carboxylic acids is 1. The van der Waals surface area contributed by atoms with Crippen molar-refractivity contribution in [2.45, 2.75) is 18.9 Å². The van der Waals surface area contributed by atoms with Gasteiger partial charge in [-0.15, -0.1) is 0 Å². The van der Waals surface area contributed by atoms with Crippen molar-refractivity contribution in [1.29, 1.82) is 0 Å². The van der Waals surface area contributed by atoms with E-state index in [4.69, 9.17) is 0 Å². The molecule has 1 N–H and O–H groups in total. The van der Waals surface area contributed by atoms with E-state index in [-0.39, 0.29) is 18.9 Å². The lowest BCUT2D eigenvalue weighted by molar-refractivity contribution is -0.132. The van der Waals surface area contributed by atoms with E-state index >= 15 is 0 Å². The Balaban J connectivity index is 2.22. The second kappa shape index (κ2) is 5.02. The van der Waals surface area contributed by atoms with Crippen molar-refractivity contribution in [3.05, 3.63) is 23.5 Å². The van der Waals surface area contributed by atoms with E-state index in [2.05, 4.69) is 10.3 Å². The van der Waals surface area contributed by atoms with Gasteiger partial charge in [0.25, 0.3) is 11.9 Å². The first-order chi connectivity index (χ1) is 8.90. The standard InChI is InChI=1S/C11H11F4N3O/c1-18-4-5(2-3-6(18)19)16-9-7(12)10(14)17-11(15)8(9)13/h5H,2-4H2,1H3,(H,16,17). The van der Waals surface area contributed by atoms with E-state index in [0.717, 1.165) is 0 Å². The summed E-state index contributed by atoms with van der Waals surface area (Å²) >= 11 is 0. The van der Waals surface area contributed by atoms with Gasteiger partial charge >= 0.3 is 0 Å². The van der Waals surface area contributed by atoms with E-state index < -0.39 is 35.3 Å². The summed E-state index contributed by atoms with van der Waals surface area (Å²) in [5.41, 5.74) is -0.891. The van der Waals surface area contributed by atoms with Gasteiger partial charge in [0.1, 0.15) is 5.69 Å². The Hall–Kier alpha value is -1.86. The number of hydrogen-bond acceptors (Lipinski definition) is 3. The lowest BCUT2D eigenvalue weighted by atomic mass is 10.1. The van der Waals surface area contributed by atoms with Crippen LogP contribution in [0.1, 0.15) is 12.8 Å². The fourth-order valence-corrected chi connectivity index (χ4v) is 1.95. The van der Waals surface area contributed by atoms with Crippen molar-refractivity contribution >= 4 is 11.6 Å². The van der Waals surface area contributed by atoms with Crippen LogP contribution in [0.3, 0.4) is 0 Å². The maximum Gasteiger partial charge on any atom is 0.253 e. The van der Waals surface area contributed by atoms with Crippen LogP contribution in [0.25, 0.3) is 0 Å². The topological polar surface area (TPSA) is 45.2 Å². The molecule has 8 heteroatoms. The Kier molecular flexibility index (Phi) is 3.59. The average Bonchev–Trinajstić information content (AvgIpc) is 2.36. The second-order valence-electron chi connectivity index (χ2n) is 4.35. The molecular formula is C11H11F4N3O. The third kappa shape index (κ3) is 2.61. The lowest BCUT2D eigenvalue weighted by Gasteiger charge is -2.30. The van der Waals surface area contributed by atoms with E-state index in [1.165, 1.54) is 11.9 Å². The summed E-state index contributed by atoms with van der Waals surface area (Å²) in [6.45, 7) is 0.198. The summed E-state index contributed by atoms with van der Waals surface area (Å²) in [6.07, 6.45) is 0.529. The predicted molar refractivity (Wildman–Crippen MR) is 58.4 cm³/mol. The molecule has 1 fully saturated rings. The minimum Gasteiger partial charge on any atom is -0.375 e. The van der Waals surface area contributed by atoms with Crippen LogP contribution in [0.2, 0.25) is 0 Å². The number of likely N-dealkylation sites (N-methyl/N-ethyl adjacent to an activating group) is 1. The summed E-state index contributed by atoms with van der Waals surface area (Å²) in [6, 6.07) is -0.479. The molecule has 0 radical (unpaired) electrons. The number of carbonyl (C=O) groups is 1. The molecule has 1 unspecified atom stereocenters. The van der Waals surface area contributed by atoms with Gasteiger partial charge in [-0.05, 0) is 6.42 Å². The molecule has 2 heterocycles. The van der Waals surface area contributed by atoms with Crippen LogP contribution < -0.4 is 5.32 Å². The van der Waals surface area contributed by atoms with E-state index in [0.29, 0.717) is 6.42 Å². The average molecular weight is 277 g/mol. The van der Waals surface area contributed by atoms with Gasteiger partial charge in [-0.3, -0.25) is 4.79 Å². The molecule has 0 aromatic carbocycles.